The highest BCUT2D eigenvalue weighted by molar-refractivity contribution is 7.10. The first-order valence-electron chi connectivity index (χ1n) is 10.6. The molecule has 2 aliphatic heterocycles. The Balaban J connectivity index is 1.87. The van der Waals surface area contributed by atoms with E-state index in [1.807, 2.05) is 19.1 Å². The summed E-state index contributed by atoms with van der Waals surface area (Å²) in [5.74, 6) is -0.895. The molecule has 9 heteroatoms. The molecule has 1 fully saturated rings. The fourth-order valence-electron chi connectivity index (χ4n) is 3.65. The van der Waals surface area contributed by atoms with Crippen molar-refractivity contribution in [1.82, 2.24) is 15.2 Å². The van der Waals surface area contributed by atoms with Gasteiger partial charge in [0.2, 0.25) is 0 Å². The summed E-state index contributed by atoms with van der Waals surface area (Å²) in [4.78, 5) is 44.9. The molecular weight excluding hydrogens is 430 g/mol. The number of alkyl carbamates (subject to hydrolysis) is 1. The Morgan fingerprint density at radius 3 is 2.38 bits per heavy atom. The molecular formula is C23H31N3O5S. The topological polar surface area (TPSA) is 97.8 Å². The highest BCUT2D eigenvalue weighted by atomic mass is 32.1. The number of hydrogen-bond acceptors (Lipinski definition) is 7. The fraction of sp³-hybridized carbons (Fsp3) is 0.565. The lowest BCUT2D eigenvalue weighted by Gasteiger charge is -2.50. The maximum atomic E-state index is 13.1. The van der Waals surface area contributed by atoms with E-state index in [1.54, 1.807) is 47.1 Å². The number of fused-ring (bicyclic) bond motifs is 1. The molecule has 32 heavy (non-hydrogen) atoms. The highest BCUT2D eigenvalue weighted by Gasteiger charge is 2.54. The van der Waals surface area contributed by atoms with Crippen molar-refractivity contribution >= 4 is 35.4 Å². The van der Waals surface area contributed by atoms with Gasteiger partial charge in [-0.1, -0.05) is 6.08 Å². The molecule has 3 heterocycles. The van der Waals surface area contributed by atoms with Crippen LogP contribution in [0, 0.1) is 6.92 Å². The first kappa shape index (κ1) is 24.0. The van der Waals surface area contributed by atoms with Crippen molar-refractivity contribution in [1.29, 1.82) is 0 Å². The number of β-lactam (4-membered cyclic amide) rings is 1. The first-order chi connectivity index (χ1) is 14.8. The number of carbonyl (C=O) groups is 3. The van der Waals surface area contributed by atoms with Crippen LogP contribution in [0.5, 0.6) is 0 Å². The minimum Gasteiger partial charge on any atom is -0.455 e. The lowest BCUT2D eigenvalue weighted by atomic mass is 9.83. The molecule has 1 aromatic rings. The van der Waals surface area contributed by atoms with Crippen LogP contribution in [-0.2, 0) is 19.1 Å². The van der Waals surface area contributed by atoms with Gasteiger partial charge in [0.05, 0.1) is 17.2 Å². The molecule has 0 radical (unpaired) electrons. The van der Waals surface area contributed by atoms with Gasteiger partial charge in [-0.3, -0.25) is 9.69 Å². The van der Waals surface area contributed by atoms with Crippen LogP contribution in [0.15, 0.2) is 22.9 Å². The Morgan fingerprint density at radius 1 is 1.16 bits per heavy atom. The quantitative estimate of drug-likeness (QED) is 0.538. The molecule has 1 unspecified atom stereocenters. The van der Waals surface area contributed by atoms with Crippen LogP contribution in [0.3, 0.4) is 0 Å². The zero-order valence-electron chi connectivity index (χ0n) is 19.6. The lowest BCUT2D eigenvalue weighted by Crippen LogP contribution is -2.72. The van der Waals surface area contributed by atoms with E-state index in [9.17, 15) is 14.4 Å². The highest BCUT2D eigenvalue weighted by Crippen LogP contribution is 2.38. The van der Waals surface area contributed by atoms with Crippen LogP contribution in [0.25, 0.3) is 6.08 Å². The molecule has 8 nitrogen and oxygen atoms in total. The number of thiazole rings is 1. The zero-order chi connectivity index (χ0) is 23.8. The van der Waals surface area contributed by atoms with Gasteiger partial charge in [-0.05, 0) is 73.0 Å². The average Bonchev–Trinajstić information content (AvgIpc) is 3.05. The molecule has 1 aromatic heterocycles. The molecule has 1 saturated heterocycles. The van der Waals surface area contributed by atoms with Crippen molar-refractivity contribution in [2.24, 2.45) is 0 Å². The number of rotatable bonds is 4. The van der Waals surface area contributed by atoms with Crippen LogP contribution >= 0.6 is 11.3 Å². The summed E-state index contributed by atoms with van der Waals surface area (Å²) in [7, 11) is 0. The summed E-state index contributed by atoms with van der Waals surface area (Å²) in [5, 5.41) is 2.65. The maximum Gasteiger partial charge on any atom is 0.408 e. The van der Waals surface area contributed by atoms with Crippen molar-refractivity contribution < 1.29 is 23.9 Å². The Bertz CT molecular complexity index is 980. The van der Waals surface area contributed by atoms with Gasteiger partial charge in [0.15, 0.2) is 0 Å². The van der Waals surface area contributed by atoms with E-state index in [1.165, 1.54) is 16.2 Å². The molecule has 0 aromatic carbocycles. The summed E-state index contributed by atoms with van der Waals surface area (Å²) in [5.41, 5.74) is 2.26. The number of nitrogens with one attached hydrogen (secondary N) is 1. The van der Waals surface area contributed by atoms with E-state index in [2.05, 4.69) is 10.3 Å². The van der Waals surface area contributed by atoms with E-state index in [0.717, 1.165) is 16.1 Å². The Hall–Kier alpha value is -2.68. The molecule has 0 saturated carbocycles. The third-order valence-corrected chi connectivity index (χ3v) is 5.85. The number of aromatic nitrogens is 1. The minimum absolute atomic E-state index is 0.238. The standard InChI is InChI=1S/C23H31N3O5S/c1-13-16(32-12-24-13)11-9-14-8-10-15-17(25-21(29)31-23(5,6)7)19(27)26(15)18(14)20(28)30-22(2,3)4/h9,11-12,15,17H,8,10H2,1-7H3,(H,25,29)/b11-9+/t15-,17?/m1/s1. The van der Waals surface area contributed by atoms with Gasteiger partial charge in [-0.15, -0.1) is 11.3 Å². The average molecular weight is 462 g/mol. The van der Waals surface area contributed by atoms with Gasteiger partial charge < -0.3 is 14.8 Å². The number of carbonyl (C=O) groups excluding carboxylic acids is 3. The summed E-state index contributed by atoms with van der Waals surface area (Å²) >= 11 is 1.51. The van der Waals surface area contributed by atoms with Crippen LogP contribution in [0.1, 0.15) is 65.0 Å². The largest absolute Gasteiger partial charge is 0.455 e. The molecule has 3 rings (SSSR count). The normalized spacial score (nSPS) is 21.3. The summed E-state index contributed by atoms with van der Waals surface area (Å²) < 4.78 is 10.9. The van der Waals surface area contributed by atoms with E-state index in [-0.39, 0.29) is 17.6 Å². The Labute approximate surface area is 192 Å². The first-order valence-corrected chi connectivity index (χ1v) is 11.5. The van der Waals surface area contributed by atoms with Crippen molar-refractivity contribution in [3.8, 4) is 0 Å². The number of ether oxygens (including phenoxy) is 2. The number of aryl methyl sites for hydroxylation is 1. The van der Waals surface area contributed by atoms with Crippen molar-refractivity contribution in [2.45, 2.75) is 84.6 Å². The number of allylic oxidation sites excluding steroid dienone is 2. The van der Waals surface area contributed by atoms with Gasteiger partial charge in [-0.25, -0.2) is 14.6 Å². The predicted octanol–water partition coefficient (Wildman–Crippen LogP) is 3.96. The van der Waals surface area contributed by atoms with Gasteiger partial charge in [0, 0.05) is 4.88 Å². The summed E-state index contributed by atoms with van der Waals surface area (Å²) in [6, 6.07) is -1.05. The smallest absolute Gasteiger partial charge is 0.408 e. The molecule has 0 bridgehead atoms. The van der Waals surface area contributed by atoms with Crippen LogP contribution < -0.4 is 5.32 Å². The third kappa shape index (κ3) is 5.38. The van der Waals surface area contributed by atoms with E-state index >= 15 is 0 Å². The zero-order valence-corrected chi connectivity index (χ0v) is 20.5. The number of esters is 1. The molecule has 0 spiro atoms. The number of amides is 2. The van der Waals surface area contributed by atoms with Crippen molar-refractivity contribution in [3.63, 3.8) is 0 Å². The monoisotopic (exact) mass is 461 g/mol. The lowest BCUT2D eigenvalue weighted by molar-refractivity contribution is -0.161. The minimum atomic E-state index is -0.725. The molecule has 2 amide bonds. The maximum absolute atomic E-state index is 13.1. The molecule has 2 aliphatic rings. The molecule has 0 aliphatic carbocycles. The molecule has 1 N–H and O–H groups in total. The SMILES string of the molecule is Cc1ncsc1/C=C/C1=C(C(=O)OC(C)(C)C)N2C(=O)C(NC(=O)OC(C)(C)C)[C@H]2CC1. The van der Waals surface area contributed by atoms with Crippen LogP contribution in [0.2, 0.25) is 0 Å². The number of hydrogen-bond donors (Lipinski definition) is 1. The van der Waals surface area contributed by atoms with E-state index in [4.69, 9.17) is 9.47 Å². The van der Waals surface area contributed by atoms with E-state index in [0.29, 0.717) is 12.8 Å². The predicted molar refractivity (Wildman–Crippen MR) is 122 cm³/mol. The Morgan fingerprint density at radius 2 is 1.81 bits per heavy atom. The van der Waals surface area contributed by atoms with Gasteiger partial charge in [0.25, 0.3) is 5.91 Å². The van der Waals surface area contributed by atoms with E-state index < -0.39 is 29.3 Å². The van der Waals surface area contributed by atoms with Crippen molar-refractivity contribution in [3.05, 3.63) is 33.4 Å². The second-order valence-electron chi connectivity index (χ2n) is 9.95. The van der Waals surface area contributed by atoms with Gasteiger partial charge >= 0.3 is 12.1 Å². The van der Waals surface area contributed by atoms with Gasteiger partial charge in [0.1, 0.15) is 22.9 Å². The third-order valence-electron chi connectivity index (χ3n) is 4.96. The van der Waals surface area contributed by atoms with Gasteiger partial charge in [-0.2, -0.15) is 0 Å². The molecule has 174 valence electrons. The molecule has 2 atom stereocenters. The van der Waals surface area contributed by atoms with Crippen LogP contribution in [0.4, 0.5) is 4.79 Å². The summed E-state index contributed by atoms with van der Waals surface area (Å²) in [6.45, 7) is 12.5. The van der Waals surface area contributed by atoms with Crippen molar-refractivity contribution in [2.75, 3.05) is 0 Å². The summed E-state index contributed by atoms with van der Waals surface area (Å²) in [6.07, 6.45) is 4.31. The second kappa shape index (κ2) is 8.69. The fourth-order valence-corrected chi connectivity index (χ4v) is 4.35. The second-order valence-corrected chi connectivity index (χ2v) is 10.8. The number of nitrogens with zero attached hydrogens (tertiary/aromatic N) is 2. The Kier molecular flexibility index (Phi) is 6.51. The van der Waals surface area contributed by atoms with Crippen LogP contribution in [-0.4, -0.2) is 51.1 Å².